The minimum Gasteiger partial charge on any atom is -0.322 e. The molecule has 0 bridgehead atoms. The minimum absolute atomic E-state index is 0.141. The molecule has 1 fully saturated rings. The summed E-state index contributed by atoms with van der Waals surface area (Å²) < 4.78 is 13.6. The van der Waals surface area contributed by atoms with Crippen molar-refractivity contribution >= 4 is 11.6 Å². The molecule has 1 aromatic carbocycles. The molecule has 0 unspecified atom stereocenters. The van der Waals surface area contributed by atoms with Crippen molar-refractivity contribution in [1.82, 2.24) is 4.90 Å². The molecule has 1 saturated heterocycles. The van der Waals surface area contributed by atoms with Crippen LogP contribution in [0.4, 0.5) is 10.1 Å². The number of amides is 1. The van der Waals surface area contributed by atoms with E-state index in [2.05, 4.69) is 17.1 Å². The Morgan fingerprint density at radius 1 is 1.42 bits per heavy atom. The fraction of sp³-hybridized carbons (Fsp3) is 0.533. The van der Waals surface area contributed by atoms with Gasteiger partial charge in [0.2, 0.25) is 5.91 Å². The SMILES string of the molecule is Cc1ccc(NC(=O)CN2CCC(C)CC2)c(F)c1. The molecule has 0 aliphatic carbocycles. The number of halogens is 1. The van der Waals surface area contributed by atoms with Gasteiger partial charge in [0.05, 0.1) is 12.2 Å². The molecule has 3 nitrogen and oxygen atoms in total. The summed E-state index contributed by atoms with van der Waals surface area (Å²) in [5.74, 6) is 0.228. The Morgan fingerprint density at radius 3 is 2.74 bits per heavy atom. The molecule has 1 aliphatic rings. The van der Waals surface area contributed by atoms with Gasteiger partial charge in [-0.1, -0.05) is 13.0 Å². The molecule has 0 radical (unpaired) electrons. The summed E-state index contributed by atoms with van der Waals surface area (Å²) in [6.45, 7) is 6.30. The molecule has 0 aromatic heterocycles. The van der Waals surface area contributed by atoms with Crippen molar-refractivity contribution in [2.24, 2.45) is 5.92 Å². The van der Waals surface area contributed by atoms with Crippen LogP contribution in [-0.4, -0.2) is 30.4 Å². The number of hydrogen-bond donors (Lipinski definition) is 1. The molecule has 19 heavy (non-hydrogen) atoms. The molecule has 1 aliphatic heterocycles. The van der Waals surface area contributed by atoms with Gasteiger partial charge < -0.3 is 5.32 Å². The van der Waals surface area contributed by atoms with Crippen LogP contribution < -0.4 is 5.32 Å². The highest BCUT2D eigenvalue weighted by Crippen LogP contribution is 2.17. The van der Waals surface area contributed by atoms with Gasteiger partial charge in [-0.25, -0.2) is 4.39 Å². The molecule has 0 atom stereocenters. The van der Waals surface area contributed by atoms with Gasteiger partial charge in [0.15, 0.2) is 0 Å². The van der Waals surface area contributed by atoms with Crippen LogP contribution in [-0.2, 0) is 4.79 Å². The van der Waals surface area contributed by atoms with Gasteiger partial charge in [0.25, 0.3) is 0 Å². The van der Waals surface area contributed by atoms with Gasteiger partial charge >= 0.3 is 0 Å². The average molecular weight is 264 g/mol. The van der Waals surface area contributed by atoms with Crippen molar-refractivity contribution in [1.29, 1.82) is 0 Å². The number of likely N-dealkylation sites (tertiary alicyclic amines) is 1. The maximum atomic E-state index is 13.6. The lowest BCUT2D eigenvalue weighted by molar-refractivity contribution is -0.117. The maximum Gasteiger partial charge on any atom is 0.238 e. The molecule has 0 spiro atoms. The first-order valence-electron chi connectivity index (χ1n) is 6.83. The summed E-state index contributed by atoms with van der Waals surface area (Å²) in [5, 5.41) is 2.64. The highest BCUT2D eigenvalue weighted by molar-refractivity contribution is 5.92. The van der Waals surface area contributed by atoms with E-state index in [0.29, 0.717) is 6.54 Å². The van der Waals surface area contributed by atoms with E-state index in [0.717, 1.165) is 37.4 Å². The van der Waals surface area contributed by atoms with Crippen molar-refractivity contribution < 1.29 is 9.18 Å². The van der Waals surface area contributed by atoms with E-state index in [4.69, 9.17) is 0 Å². The fourth-order valence-electron chi connectivity index (χ4n) is 2.33. The number of benzene rings is 1. The van der Waals surface area contributed by atoms with Crippen LogP contribution in [0.2, 0.25) is 0 Å². The second kappa shape index (κ2) is 6.15. The predicted octanol–water partition coefficient (Wildman–Crippen LogP) is 2.80. The number of carbonyl (C=O) groups is 1. The first kappa shape index (κ1) is 14.0. The molecule has 104 valence electrons. The minimum atomic E-state index is -0.374. The lowest BCUT2D eigenvalue weighted by atomic mass is 9.99. The van der Waals surface area contributed by atoms with E-state index in [1.165, 1.54) is 6.07 Å². The number of anilines is 1. The summed E-state index contributed by atoms with van der Waals surface area (Å²) in [6.07, 6.45) is 2.26. The van der Waals surface area contributed by atoms with Crippen LogP contribution in [0.15, 0.2) is 18.2 Å². The van der Waals surface area contributed by atoms with E-state index in [-0.39, 0.29) is 17.4 Å². The molecule has 1 heterocycles. The monoisotopic (exact) mass is 264 g/mol. The molecule has 1 N–H and O–H groups in total. The van der Waals surface area contributed by atoms with Gasteiger partial charge in [0, 0.05) is 0 Å². The third-order valence-corrected chi connectivity index (χ3v) is 3.64. The molecular weight excluding hydrogens is 243 g/mol. The fourth-order valence-corrected chi connectivity index (χ4v) is 2.33. The Bertz CT molecular complexity index is 453. The van der Waals surface area contributed by atoms with Crippen molar-refractivity contribution in [3.8, 4) is 0 Å². The Labute approximate surface area is 113 Å². The number of nitrogens with zero attached hydrogens (tertiary/aromatic N) is 1. The van der Waals surface area contributed by atoms with E-state index < -0.39 is 0 Å². The first-order valence-corrected chi connectivity index (χ1v) is 6.83. The van der Waals surface area contributed by atoms with E-state index >= 15 is 0 Å². The van der Waals surface area contributed by atoms with Gasteiger partial charge in [-0.05, 0) is 56.5 Å². The number of piperidine rings is 1. The van der Waals surface area contributed by atoms with Gasteiger partial charge in [-0.15, -0.1) is 0 Å². The molecule has 1 aromatic rings. The third-order valence-electron chi connectivity index (χ3n) is 3.64. The zero-order valence-corrected chi connectivity index (χ0v) is 11.6. The van der Waals surface area contributed by atoms with Crippen LogP contribution >= 0.6 is 0 Å². The van der Waals surface area contributed by atoms with E-state index in [1.807, 2.05) is 6.92 Å². The smallest absolute Gasteiger partial charge is 0.238 e. The second-order valence-electron chi connectivity index (χ2n) is 5.49. The number of rotatable bonds is 3. The van der Waals surface area contributed by atoms with Crippen molar-refractivity contribution in [3.05, 3.63) is 29.6 Å². The van der Waals surface area contributed by atoms with Gasteiger partial charge in [0.1, 0.15) is 5.82 Å². The highest BCUT2D eigenvalue weighted by atomic mass is 19.1. The van der Waals surface area contributed by atoms with E-state index in [1.54, 1.807) is 12.1 Å². The zero-order valence-electron chi connectivity index (χ0n) is 11.6. The van der Waals surface area contributed by atoms with Crippen LogP contribution in [0.25, 0.3) is 0 Å². The standard InChI is InChI=1S/C15H21FN2O/c1-11-5-7-18(8-6-11)10-15(19)17-14-4-3-12(2)9-13(14)16/h3-4,9,11H,5-8,10H2,1-2H3,(H,17,19). The van der Waals surface area contributed by atoms with Crippen molar-refractivity contribution in [2.45, 2.75) is 26.7 Å². The number of carbonyl (C=O) groups excluding carboxylic acids is 1. The summed E-state index contributed by atoms with van der Waals surface area (Å²) >= 11 is 0. The summed E-state index contributed by atoms with van der Waals surface area (Å²) in [6, 6.07) is 4.83. The normalized spacial score (nSPS) is 17.4. The van der Waals surface area contributed by atoms with Crippen molar-refractivity contribution in [2.75, 3.05) is 25.0 Å². The molecule has 0 saturated carbocycles. The average Bonchev–Trinajstić information content (AvgIpc) is 2.36. The Morgan fingerprint density at radius 2 is 2.11 bits per heavy atom. The summed E-state index contributed by atoms with van der Waals surface area (Å²) in [5.41, 5.74) is 1.11. The van der Waals surface area contributed by atoms with Crippen molar-refractivity contribution in [3.63, 3.8) is 0 Å². The zero-order chi connectivity index (χ0) is 13.8. The molecule has 1 amide bonds. The molecule has 2 rings (SSSR count). The number of nitrogens with one attached hydrogen (secondary N) is 1. The number of hydrogen-bond acceptors (Lipinski definition) is 2. The van der Waals surface area contributed by atoms with Crippen LogP contribution in [0, 0.1) is 18.7 Å². The highest BCUT2D eigenvalue weighted by Gasteiger charge is 2.18. The Balaban J connectivity index is 1.87. The summed E-state index contributed by atoms with van der Waals surface area (Å²) in [4.78, 5) is 14.0. The third kappa shape index (κ3) is 4.03. The second-order valence-corrected chi connectivity index (χ2v) is 5.49. The first-order chi connectivity index (χ1) is 9.04. The van der Waals surface area contributed by atoms with Crippen LogP contribution in [0.1, 0.15) is 25.3 Å². The predicted molar refractivity (Wildman–Crippen MR) is 74.6 cm³/mol. The lowest BCUT2D eigenvalue weighted by Crippen LogP contribution is -2.38. The Hall–Kier alpha value is -1.42. The van der Waals surface area contributed by atoms with Crippen LogP contribution in [0.5, 0.6) is 0 Å². The van der Waals surface area contributed by atoms with Crippen LogP contribution in [0.3, 0.4) is 0 Å². The van der Waals surface area contributed by atoms with Gasteiger partial charge in [-0.2, -0.15) is 0 Å². The maximum absolute atomic E-state index is 13.6. The topological polar surface area (TPSA) is 32.3 Å². The Kier molecular flexibility index (Phi) is 4.53. The van der Waals surface area contributed by atoms with Gasteiger partial charge in [-0.3, -0.25) is 9.69 Å². The quantitative estimate of drug-likeness (QED) is 0.910. The summed E-state index contributed by atoms with van der Waals surface area (Å²) in [7, 11) is 0. The largest absolute Gasteiger partial charge is 0.322 e. The van der Waals surface area contributed by atoms with E-state index in [9.17, 15) is 9.18 Å². The number of aryl methyl sites for hydroxylation is 1. The molecule has 4 heteroatoms. The molecular formula is C15H21FN2O. The lowest BCUT2D eigenvalue weighted by Gasteiger charge is -2.29.